The summed E-state index contributed by atoms with van der Waals surface area (Å²) < 4.78 is 7.18. The molecule has 6 nitrogen and oxygen atoms in total. The molecular formula is C19H16BrN3O3. The number of rotatable bonds is 4. The molecule has 0 radical (unpaired) electrons. The van der Waals surface area contributed by atoms with Crippen LogP contribution in [0.4, 0.5) is 5.69 Å². The summed E-state index contributed by atoms with van der Waals surface area (Å²) in [6, 6.07) is 15.7. The van der Waals surface area contributed by atoms with Crippen molar-refractivity contribution in [1.82, 2.24) is 9.78 Å². The molecule has 1 amide bonds. The molecule has 3 aromatic rings. The van der Waals surface area contributed by atoms with Gasteiger partial charge in [-0.2, -0.15) is 9.78 Å². The summed E-state index contributed by atoms with van der Waals surface area (Å²) in [6.45, 7) is 1.95. The minimum atomic E-state index is -0.471. The van der Waals surface area contributed by atoms with Crippen molar-refractivity contribution in [3.63, 3.8) is 0 Å². The maximum atomic E-state index is 12.7. The highest BCUT2D eigenvalue weighted by Crippen LogP contribution is 2.19. The van der Waals surface area contributed by atoms with Gasteiger partial charge in [0.1, 0.15) is 0 Å². The molecule has 7 heteroatoms. The van der Waals surface area contributed by atoms with Crippen LogP contribution in [0.3, 0.4) is 0 Å². The summed E-state index contributed by atoms with van der Waals surface area (Å²) in [4.78, 5) is 25.0. The third kappa shape index (κ3) is 3.83. The number of halogens is 1. The van der Waals surface area contributed by atoms with Gasteiger partial charge in [-0.3, -0.25) is 9.59 Å². The van der Waals surface area contributed by atoms with Gasteiger partial charge in [-0.25, -0.2) is 0 Å². The number of hydrogen-bond donors (Lipinski definition) is 1. The number of aromatic nitrogens is 2. The fourth-order valence-electron chi connectivity index (χ4n) is 2.38. The summed E-state index contributed by atoms with van der Waals surface area (Å²) in [5.74, 6) is -0.355. The Morgan fingerprint density at radius 2 is 1.88 bits per heavy atom. The topological polar surface area (TPSA) is 73.2 Å². The molecule has 0 atom stereocenters. The average molecular weight is 414 g/mol. The van der Waals surface area contributed by atoms with E-state index in [9.17, 15) is 9.59 Å². The van der Waals surface area contributed by atoms with E-state index >= 15 is 0 Å². The molecule has 26 heavy (non-hydrogen) atoms. The second-order valence-electron chi connectivity index (χ2n) is 5.61. The molecule has 2 aromatic carbocycles. The van der Waals surface area contributed by atoms with E-state index in [-0.39, 0.29) is 17.0 Å². The zero-order valence-corrected chi connectivity index (χ0v) is 15.8. The number of nitrogens with zero attached hydrogens (tertiary/aromatic N) is 2. The lowest BCUT2D eigenvalue weighted by Gasteiger charge is -2.11. The molecule has 132 valence electrons. The highest BCUT2D eigenvalue weighted by atomic mass is 79.9. The Labute approximate surface area is 158 Å². The summed E-state index contributed by atoms with van der Waals surface area (Å²) in [5, 5.41) is 6.97. The number of amides is 1. The molecule has 0 aliphatic carbocycles. The van der Waals surface area contributed by atoms with Gasteiger partial charge >= 0.3 is 0 Å². The van der Waals surface area contributed by atoms with Crippen molar-refractivity contribution in [2.45, 2.75) is 6.92 Å². The Morgan fingerprint density at radius 3 is 2.54 bits per heavy atom. The lowest BCUT2D eigenvalue weighted by Crippen LogP contribution is -2.26. The smallest absolute Gasteiger partial charge is 0.280 e. The van der Waals surface area contributed by atoms with Crippen molar-refractivity contribution >= 4 is 27.5 Å². The predicted molar refractivity (Wildman–Crippen MR) is 103 cm³/mol. The molecule has 0 bridgehead atoms. The second kappa shape index (κ2) is 7.53. The molecule has 3 rings (SSSR count). The molecule has 0 unspecified atom stereocenters. The van der Waals surface area contributed by atoms with Crippen LogP contribution < -0.4 is 15.6 Å². The highest BCUT2D eigenvalue weighted by molar-refractivity contribution is 9.10. The maximum Gasteiger partial charge on any atom is 0.280 e. The normalized spacial score (nSPS) is 10.4. The second-order valence-corrected chi connectivity index (χ2v) is 6.53. The van der Waals surface area contributed by atoms with Crippen molar-refractivity contribution in [3.05, 3.63) is 80.7 Å². The zero-order valence-electron chi connectivity index (χ0n) is 14.2. The van der Waals surface area contributed by atoms with Gasteiger partial charge in [-0.1, -0.05) is 39.7 Å². The molecule has 1 N–H and O–H groups in total. The van der Waals surface area contributed by atoms with Crippen LogP contribution in [-0.4, -0.2) is 22.8 Å². The quantitative estimate of drug-likeness (QED) is 0.709. The number of ether oxygens (including phenoxy) is 1. The van der Waals surface area contributed by atoms with Crippen LogP contribution in [0.1, 0.15) is 16.1 Å². The summed E-state index contributed by atoms with van der Waals surface area (Å²) in [6.07, 6.45) is 0. The number of aryl methyl sites for hydroxylation is 1. The Bertz CT molecular complexity index is 1010. The number of methoxy groups -OCH3 is 1. The number of hydrogen-bond acceptors (Lipinski definition) is 4. The number of anilines is 1. The van der Waals surface area contributed by atoms with Gasteiger partial charge in [0.25, 0.3) is 11.5 Å². The van der Waals surface area contributed by atoms with Crippen LogP contribution in [0.25, 0.3) is 5.69 Å². The standard InChI is InChI=1S/C19H16BrN3O3/c1-12-6-8-15(9-7-12)23-17(24)11-16(26-2)18(22-23)19(25)21-14-5-3-4-13(20)10-14/h3-11H,1-2H3,(H,21,25). The van der Waals surface area contributed by atoms with E-state index in [1.54, 1.807) is 30.3 Å². The van der Waals surface area contributed by atoms with E-state index in [1.807, 2.05) is 25.1 Å². The third-order valence-corrected chi connectivity index (χ3v) is 4.19. The number of carbonyl (C=O) groups is 1. The average Bonchev–Trinajstić information content (AvgIpc) is 2.62. The number of benzene rings is 2. The zero-order chi connectivity index (χ0) is 18.7. The van der Waals surface area contributed by atoms with E-state index in [1.165, 1.54) is 17.9 Å². The molecule has 0 saturated carbocycles. The number of carbonyl (C=O) groups excluding carboxylic acids is 1. The van der Waals surface area contributed by atoms with Crippen LogP contribution in [0.2, 0.25) is 0 Å². The van der Waals surface area contributed by atoms with E-state index < -0.39 is 5.91 Å². The van der Waals surface area contributed by atoms with Crippen LogP contribution in [0.15, 0.2) is 63.9 Å². The van der Waals surface area contributed by atoms with Gasteiger partial charge in [-0.15, -0.1) is 0 Å². The molecule has 0 aliphatic rings. The lowest BCUT2D eigenvalue weighted by molar-refractivity contribution is 0.101. The van der Waals surface area contributed by atoms with Crippen LogP contribution in [0.5, 0.6) is 5.75 Å². The van der Waals surface area contributed by atoms with Crippen LogP contribution in [0, 0.1) is 6.92 Å². The Kier molecular flexibility index (Phi) is 5.18. The Balaban J connectivity index is 2.02. The van der Waals surface area contributed by atoms with Gasteiger partial charge in [0.15, 0.2) is 11.4 Å². The molecule has 1 heterocycles. The molecule has 0 fully saturated rings. The van der Waals surface area contributed by atoms with Crippen molar-refractivity contribution < 1.29 is 9.53 Å². The van der Waals surface area contributed by atoms with Gasteiger partial charge in [0.05, 0.1) is 18.9 Å². The molecule has 0 spiro atoms. The van der Waals surface area contributed by atoms with E-state index in [2.05, 4.69) is 26.3 Å². The largest absolute Gasteiger partial charge is 0.494 e. The van der Waals surface area contributed by atoms with Gasteiger partial charge < -0.3 is 10.1 Å². The fourth-order valence-corrected chi connectivity index (χ4v) is 2.78. The van der Waals surface area contributed by atoms with Crippen molar-refractivity contribution in [3.8, 4) is 11.4 Å². The first kappa shape index (κ1) is 17.9. The van der Waals surface area contributed by atoms with E-state index in [0.29, 0.717) is 11.4 Å². The molecule has 1 aromatic heterocycles. The fraction of sp³-hybridized carbons (Fsp3) is 0.105. The first-order chi connectivity index (χ1) is 12.5. The van der Waals surface area contributed by atoms with Gasteiger partial charge in [-0.05, 0) is 37.3 Å². The first-order valence-corrected chi connectivity index (χ1v) is 8.59. The summed E-state index contributed by atoms with van der Waals surface area (Å²) in [7, 11) is 1.39. The van der Waals surface area contributed by atoms with E-state index in [4.69, 9.17) is 4.74 Å². The lowest BCUT2D eigenvalue weighted by atomic mass is 10.2. The van der Waals surface area contributed by atoms with Gasteiger partial charge in [0.2, 0.25) is 0 Å². The Morgan fingerprint density at radius 1 is 1.15 bits per heavy atom. The summed E-state index contributed by atoms with van der Waals surface area (Å²) in [5.41, 5.74) is 1.86. The molecular weight excluding hydrogens is 398 g/mol. The van der Waals surface area contributed by atoms with Crippen LogP contribution >= 0.6 is 15.9 Å². The monoisotopic (exact) mass is 413 g/mol. The van der Waals surface area contributed by atoms with Crippen molar-refractivity contribution in [2.24, 2.45) is 0 Å². The molecule has 0 saturated heterocycles. The summed E-state index contributed by atoms with van der Waals surface area (Å²) >= 11 is 3.36. The van der Waals surface area contributed by atoms with Gasteiger partial charge in [0, 0.05) is 10.2 Å². The minimum Gasteiger partial charge on any atom is -0.494 e. The SMILES string of the molecule is COc1cc(=O)n(-c2ccc(C)cc2)nc1C(=O)Nc1cccc(Br)c1. The Hall–Kier alpha value is -2.93. The van der Waals surface area contributed by atoms with Crippen LogP contribution in [-0.2, 0) is 0 Å². The van der Waals surface area contributed by atoms with Crippen molar-refractivity contribution in [1.29, 1.82) is 0 Å². The molecule has 0 aliphatic heterocycles. The highest BCUT2D eigenvalue weighted by Gasteiger charge is 2.18. The first-order valence-electron chi connectivity index (χ1n) is 7.80. The number of nitrogens with one attached hydrogen (secondary N) is 1. The predicted octanol–water partition coefficient (Wildman–Crippen LogP) is 3.56. The maximum absolute atomic E-state index is 12.7. The van der Waals surface area contributed by atoms with E-state index in [0.717, 1.165) is 10.0 Å². The van der Waals surface area contributed by atoms with Crippen molar-refractivity contribution in [2.75, 3.05) is 12.4 Å². The third-order valence-electron chi connectivity index (χ3n) is 3.69. The minimum absolute atomic E-state index is 0.0210.